The molecule has 3 aromatic rings. The van der Waals surface area contributed by atoms with E-state index in [0.717, 1.165) is 6.54 Å². The summed E-state index contributed by atoms with van der Waals surface area (Å²) in [5.41, 5.74) is 8.10. The standard InChI is InChI=1S/C17H17N2S/c18-10-12-19-11-4-3-5-15(19)9-8-14-13-20-17-7-2-1-6-16(14)17/h1-9,11,13H,10,12,18H2/q+1/b9-8+. The molecule has 2 nitrogen and oxygen atoms in total. The molecule has 100 valence electrons. The zero-order valence-corrected chi connectivity index (χ0v) is 12.0. The molecule has 0 amide bonds. The van der Waals surface area contributed by atoms with E-state index in [4.69, 9.17) is 5.73 Å². The Hall–Kier alpha value is -1.97. The molecule has 3 heteroatoms. The molecule has 0 saturated carbocycles. The lowest BCUT2D eigenvalue weighted by Gasteiger charge is -1.98. The van der Waals surface area contributed by atoms with Crippen molar-refractivity contribution in [3.63, 3.8) is 0 Å². The molecule has 0 atom stereocenters. The molecule has 2 aromatic heterocycles. The fraction of sp³-hybridized carbons (Fsp3) is 0.118. The molecule has 0 aliphatic heterocycles. The molecule has 0 aliphatic carbocycles. The third-order valence-corrected chi connectivity index (χ3v) is 4.27. The summed E-state index contributed by atoms with van der Waals surface area (Å²) >= 11 is 1.79. The smallest absolute Gasteiger partial charge is 0.205 e. The highest BCUT2D eigenvalue weighted by atomic mass is 32.1. The lowest BCUT2D eigenvalue weighted by atomic mass is 10.1. The topological polar surface area (TPSA) is 29.9 Å². The molecule has 20 heavy (non-hydrogen) atoms. The van der Waals surface area contributed by atoms with E-state index in [1.807, 2.05) is 6.07 Å². The Morgan fingerprint density at radius 3 is 2.80 bits per heavy atom. The summed E-state index contributed by atoms with van der Waals surface area (Å²) in [4.78, 5) is 0. The average Bonchev–Trinajstić information content (AvgIpc) is 2.90. The summed E-state index contributed by atoms with van der Waals surface area (Å²) in [5.74, 6) is 0. The lowest BCUT2D eigenvalue weighted by Crippen LogP contribution is -2.39. The van der Waals surface area contributed by atoms with Crippen molar-refractivity contribution < 1.29 is 4.57 Å². The molecule has 0 aliphatic rings. The number of pyridine rings is 1. The van der Waals surface area contributed by atoms with E-state index in [9.17, 15) is 0 Å². The molecule has 3 rings (SSSR count). The largest absolute Gasteiger partial charge is 0.325 e. The van der Waals surface area contributed by atoms with Crippen LogP contribution in [0.15, 0.2) is 54.0 Å². The monoisotopic (exact) mass is 281 g/mol. The number of fused-ring (bicyclic) bond motifs is 1. The highest BCUT2D eigenvalue weighted by molar-refractivity contribution is 7.17. The van der Waals surface area contributed by atoms with Gasteiger partial charge in [0.25, 0.3) is 0 Å². The van der Waals surface area contributed by atoms with Crippen molar-refractivity contribution in [2.24, 2.45) is 5.73 Å². The maximum atomic E-state index is 5.65. The van der Waals surface area contributed by atoms with Crippen LogP contribution in [0.25, 0.3) is 22.2 Å². The molecular formula is C17H17N2S+. The number of nitrogens with zero attached hydrogens (tertiary/aromatic N) is 1. The summed E-state index contributed by atoms with van der Waals surface area (Å²) < 4.78 is 3.50. The lowest BCUT2D eigenvalue weighted by molar-refractivity contribution is -0.696. The van der Waals surface area contributed by atoms with E-state index >= 15 is 0 Å². The van der Waals surface area contributed by atoms with Gasteiger partial charge in [-0.25, -0.2) is 0 Å². The number of nitrogens with two attached hydrogens (primary N) is 1. The normalized spacial score (nSPS) is 11.4. The Balaban J connectivity index is 1.94. The highest BCUT2D eigenvalue weighted by Gasteiger charge is 2.05. The van der Waals surface area contributed by atoms with Gasteiger partial charge in [-0.1, -0.05) is 18.2 Å². The number of hydrogen-bond acceptors (Lipinski definition) is 2. The molecule has 1 aromatic carbocycles. The van der Waals surface area contributed by atoms with E-state index in [-0.39, 0.29) is 0 Å². The third-order valence-electron chi connectivity index (χ3n) is 3.29. The molecule has 0 unspecified atom stereocenters. The molecule has 0 bridgehead atoms. The van der Waals surface area contributed by atoms with Crippen molar-refractivity contribution in [1.82, 2.24) is 0 Å². The Kier molecular flexibility index (Phi) is 3.90. The van der Waals surface area contributed by atoms with Crippen molar-refractivity contribution in [3.8, 4) is 0 Å². The zero-order chi connectivity index (χ0) is 13.8. The predicted octanol–water partition coefficient (Wildman–Crippen LogP) is 3.32. The van der Waals surface area contributed by atoms with Crippen LogP contribution in [0.3, 0.4) is 0 Å². The first-order valence-corrected chi connectivity index (χ1v) is 7.59. The second-order valence-corrected chi connectivity index (χ2v) is 5.54. The Labute approximate surface area is 122 Å². The fourth-order valence-electron chi connectivity index (χ4n) is 2.29. The minimum atomic E-state index is 0.650. The molecule has 2 N–H and O–H groups in total. The van der Waals surface area contributed by atoms with E-state index in [2.05, 4.69) is 64.7 Å². The highest BCUT2D eigenvalue weighted by Crippen LogP contribution is 2.26. The molecule has 0 saturated heterocycles. The van der Waals surface area contributed by atoms with Crippen molar-refractivity contribution in [2.75, 3.05) is 6.54 Å². The third kappa shape index (κ3) is 2.64. The van der Waals surface area contributed by atoms with Crippen LogP contribution >= 0.6 is 11.3 Å². The van der Waals surface area contributed by atoms with Gasteiger partial charge < -0.3 is 5.73 Å². The SMILES string of the molecule is NCC[n+]1ccccc1/C=C/c1csc2ccccc12. The molecule has 2 heterocycles. The maximum Gasteiger partial charge on any atom is 0.205 e. The van der Waals surface area contributed by atoms with E-state index in [0.29, 0.717) is 6.54 Å². The Morgan fingerprint density at radius 2 is 1.90 bits per heavy atom. The number of rotatable bonds is 4. The van der Waals surface area contributed by atoms with Crippen LogP contribution in [0, 0.1) is 0 Å². The molecule has 0 spiro atoms. The predicted molar refractivity (Wildman–Crippen MR) is 86.4 cm³/mol. The van der Waals surface area contributed by atoms with Gasteiger partial charge in [-0.2, -0.15) is 4.57 Å². The first-order chi connectivity index (χ1) is 9.88. The summed E-state index contributed by atoms with van der Waals surface area (Å²) in [6.45, 7) is 1.49. The Bertz CT molecular complexity index is 743. The second-order valence-electron chi connectivity index (χ2n) is 4.63. The van der Waals surface area contributed by atoms with Crippen LogP contribution < -0.4 is 10.3 Å². The summed E-state index contributed by atoms with van der Waals surface area (Å²) in [5, 5.41) is 3.52. The van der Waals surface area contributed by atoms with E-state index in [1.165, 1.54) is 21.3 Å². The Morgan fingerprint density at radius 1 is 1.05 bits per heavy atom. The van der Waals surface area contributed by atoms with Gasteiger partial charge in [0, 0.05) is 22.9 Å². The first kappa shape index (κ1) is 13.0. The van der Waals surface area contributed by atoms with Crippen LogP contribution in [0.5, 0.6) is 0 Å². The van der Waals surface area contributed by atoms with Crippen molar-refractivity contribution in [2.45, 2.75) is 6.54 Å². The van der Waals surface area contributed by atoms with Gasteiger partial charge in [0.1, 0.15) is 0 Å². The van der Waals surface area contributed by atoms with Crippen LogP contribution in [0.4, 0.5) is 0 Å². The van der Waals surface area contributed by atoms with E-state index in [1.54, 1.807) is 11.3 Å². The summed E-state index contributed by atoms with van der Waals surface area (Å²) in [7, 11) is 0. The molecular weight excluding hydrogens is 264 g/mol. The number of thiophene rings is 1. The van der Waals surface area contributed by atoms with Crippen molar-refractivity contribution in [1.29, 1.82) is 0 Å². The van der Waals surface area contributed by atoms with Crippen molar-refractivity contribution >= 4 is 33.6 Å². The van der Waals surface area contributed by atoms with Crippen LogP contribution in [0.1, 0.15) is 11.3 Å². The summed E-state index contributed by atoms with van der Waals surface area (Å²) in [6, 6.07) is 14.7. The van der Waals surface area contributed by atoms with Gasteiger partial charge in [-0.05, 0) is 34.5 Å². The second kappa shape index (κ2) is 5.99. The number of benzene rings is 1. The molecule has 0 radical (unpaired) electrons. The van der Waals surface area contributed by atoms with Crippen LogP contribution in [-0.2, 0) is 6.54 Å². The summed E-state index contributed by atoms with van der Waals surface area (Å²) in [6.07, 6.45) is 6.41. The van der Waals surface area contributed by atoms with Gasteiger partial charge in [0.15, 0.2) is 12.7 Å². The fourth-order valence-corrected chi connectivity index (χ4v) is 3.22. The van der Waals surface area contributed by atoms with E-state index < -0.39 is 0 Å². The minimum absolute atomic E-state index is 0.650. The van der Waals surface area contributed by atoms with Gasteiger partial charge in [-0.15, -0.1) is 11.3 Å². The first-order valence-electron chi connectivity index (χ1n) is 6.71. The van der Waals surface area contributed by atoms with Gasteiger partial charge in [0.05, 0.1) is 6.54 Å². The quantitative estimate of drug-likeness (QED) is 0.731. The van der Waals surface area contributed by atoms with Crippen LogP contribution in [-0.4, -0.2) is 6.54 Å². The number of aromatic nitrogens is 1. The number of hydrogen-bond donors (Lipinski definition) is 1. The zero-order valence-electron chi connectivity index (χ0n) is 11.2. The average molecular weight is 281 g/mol. The minimum Gasteiger partial charge on any atom is -0.325 e. The van der Waals surface area contributed by atoms with Gasteiger partial charge in [-0.3, -0.25) is 0 Å². The van der Waals surface area contributed by atoms with Gasteiger partial charge in [0.2, 0.25) is 5.69 Å². The van der Waals surface area contributed by atoms with Crippen LogP contribution in [0.2, 0.25) is 0 Å². The maximum absolute atomic E-state index is 5.65. The van der Waals surface area contributed by atoms with Gasteiger partial charge >= 0.3 is 0 Å². The van der Waals surface area contributed by atoms with Crippen molar-refractivity contribution in [3.05, 3.63) is 65.3 Å². The molecule has 0 fully saturated rings.